The quantitative estimate of drug-likeness (QED) is 0.939. The molecule has 0 saturated carbocycles. The maximum absolute atomic E-state index is 12.8. The van der Waals surface area contributed by atoms with Crippen LogP contribution in [0.3, 0.4) is 0 Å². The van der Waals surface area contributed by atoms with Crippen LogP contribution in [0, 0.1) is 0 Å². The number of nitrogens with zero attached hydrogens (tertiary/aromatic N) is 1. The van der Waals surface area contributed by atoms with E-state index in [0.717, 1.165) is 43.5 Å². The molecule has 3 rings (SSSR count). The average Bonchev–Trinajstić information content (AvgIpc) is 2.56. The van der Waals surface area contributed by atoms with Crippen LogP contribution in [0.15, 0.2) is 54.6 Å². The summed E-state index contributed by atoms with van der Waals surface area (Å²) < 4.78 is 0. The first-order valence-corrected chi connectivity index (χ1v) is 7.91. The molecule has 0 radical (unpaired) electrons. The number of hydrogen-bond acceptors (Lipinski definition) is 2. The lowest BCUT2D eigenvalue weighted by atomic mass is 9.98. The number of amides is 1. The molecular weight excluding hydrogens is 308 g/mol. The van der Waals surface area contributed by atoms with Gasteiger partial charge < -0.3 is 10.6 Å². The lowest BCUT2D eigenvalue weighted by Crippen LogP contribution is -2.43. The predicted octanol–water partition coefficient (Wildman–Crippen LogP) is 3.26. The number of piperidine rings is 1. The normalized spacial score (nSPS) is 15.1. The van der Waals surface area contributed by atoms with Crippen molar-refractivity contribution in [2.75, 3.05) is 13.1 Å². The fourth-order valence-corrected chi connectivity index (χ4v) is 2.97. The van der Waals surface area contributed by atoms with Gasteiger partial charge in [0.2, 0.25) is 0 Å². The van der Waals surface area contributed by atoms with Crippen molar-refractivity contribution in [2.45, 2.75) is 25.3 Å². The summed E-state index contributed by atoms with van der Waals surface area (Å²) in [5.41, 5.74) is 9.07. The third-order valence-corrected chi connectivity index (χ3v) is 4.31. The smallest absolute Gasteiger partial charge is 0.254 e. The van der Waals surface area contributed by atoms with E-state index < -0.39 is 0 Å². The van der Waals surface area contributed by atoms with Crippen LogP contribution >= 0.6 is 12.4 Å². The number of carbonyl (C=O) groups is 1. The molecule has 122 valence electrons. The van der Waals surface area contributed by atoms with Crippen molar-refractivity contribution in [1.29, 1.82) is 0 Å². The molecule has 0 aromatic heterocycles. The fourth-order valence-electron chi connectivity index (χ4n) is 2.97. The summed E-state index contributed by atoms with van der Waals surface area (Å²) in [5.74, 6) is 0.137. The molecule has 0 spiro atoms. The van der Waals surface area contributed by atoms with Gasteiger partial charge in [-0.3, -0.25) is 4.79 Å². The van der Waals surface area contributed by atoms with Crippen molar-refractivity contribution in [2.24, 2.45) is 5.73 Å². The van der Waals surface area contributed by atoms with Gasteiger partial charge in [-0.2, -0.15) is 0 Å². The minimum atomic E-state index is 0. The molecule has 23 heavy (non-hydrogen) atoms. The van der Waals surface area contributed by atoms with Gasteiger partial charge in [0, 0.05) is 24.7 Å². The van der Waals surface area contributed by atoms with Crippen molar-refractivity contribution in [1.82, 2.24) is 4.90 Å². The Hall–Kier alpha value is -1.84. The van der Waals surface area contributed by atoms with Gasteiger partial charge in [0.25, 0.3) is 5.91 Å². The van der Waals surface area contributed by atoms with Crippen LogP contribution in [-0.2, 0) is 6.42 Å². The SMILES string of the molecule is Cl.NC1CCN(C(=O)c2ccccc2Cc2ccccc2)CC1. The second-order valence-electron chi connectivity index (χ2n) is 5.95. The zero-order chi connectivity index (χ0) is 15.4. The van der Waals surface area contributed by atoms with Gasteiger partial charge in [-0.05, 0) is 36.5 Å². The lowest BCUT2D eigenvalue weighted by molar-refractivity contribution is 0.0714. The molecule has 0 aliphatic carbocycles. The van der Waals surface area contributed by atoms with Crippen LogP contribution in [0.5, 0.6) is 0 Å². The van der Waals surface area contributed by atoms with Crippen molar-refractivity contribution < 1.29 is 4.79 Å². The van der Waals surface area contributed by atoms with E-state index in [9.17, 15) is 4.79 Å². The van der Waals surface area contributed by atoms with Gasteiger partial charge in [-0.15, -0.1) is 12.4 Å². The summed E-state index contributed by atoms with van der Waals surface area (Å²) in [6.07, 6.45) is 2.58. The molecule has 1 saturated heterocycles. The molecule has 1 aliphatic heterocycles. The van der Waals surface area contributed by atoms with Crippen LogP contribution in [0.1, 0.15) is 34.3 Å². The molecule has 2 aromatic carbocycles. The second-order valence-corrected chi connectivity index (χ2v) is 5.95. The lowest BCUT2D eigenvalue weighted by Gasteiger charge is -2.30. The van der Waals surface area contributed by atoms with Crippen LogP contribution in [0.25, 0.3) is 0 Å². The van der Waals surface area contributed by atoms with E-state index in [1.54, 1.807) is 0 Å². The first-order valence-electron chi connectivity index (χ1n) is 7.91. The highest BCUT2D eigenvalue weighted by molar-refractivity contribution is 5.95. The summed E-state index contributed by atoms with van der Waals surface area (Å²) in [6, 6.07) is 18.4. The minimum Gasteiger partial charge on any atom is -0.339 e. The number of halogens is 1. The van der Waals surface area contributed by atoms with Crippen molar-refractivity contribution in [3.63, 3.8) is 0 Å². The Kier molecular flexibility index (Phi) is 6.20. The van der Waals surface area contributed by atoms with Crippen molar-refractivity contribution in [3.8, 4) is 0 Å². The van der Waals surface area contributed by atoms with Gasteiger partial charge in [0.1, 0.15) is 0 Å². The molecule has 1 aliphatic rings. The molecule has 1 fully saturated rings. The molecule has 0 bridgehead atoms. The molecule has 1 heterocycles. The van der Waals surface area contributed by atoms with Crippen LogP contribution < -0.4 is 5.73 Å². The summed E-state index contributed by atoms with van der Waals surface area (Å²) in [5, 5.41) is 0. The third-order valence-electron chi connectivity index (χ3n) is 4.31. The standard InChI is InChI=1S/C19H22N2O.ClH/c20-17-10-12-21(13-11-17)19(22)18-9-5-4-8-16(18)14-15-6-2-1-3-7-15;/h1-9,17H,10-14,20H2;1H. The molecule has 0 unspecified atom stereocenters. The van der Waals surface area contributed by atoms with E-state index in [2.05, 4.69) is 18.2 Å². The predicted molar refractivity (Wildman–Crippen MR) is 96.1 cm³/mol. The van der Waals surface area contributed by atoms with Gasteiger partial charge in [-0.25, -0.2) is 0 Å². The maximum Gasteiger partial charge on any atom is 0.254 e. The third kappa shape index (κ3) is 4.34. The highest BCUT2D eigenvalue weighted by Crippen LogP contribution is 2.18. The van der Waals surface area contributed by atoms with Crippen LogP contribution in [-0.4, -0.2) is 29.9 Å². The maximum atomic E-state index is 12.8. The van der Waals surface area contributed by atoms with Crippen LogP contribution in [0.4, 0.5) is 0 Å². The largest absolute Gasteiger partial charge is 0.339 e. The Morgan fingerprint density at radius 3 is 2.30 bits per heavy atom. The van der Waals surface area contributed by atoms with Crippen LogP contribution in [0.2, 0.25) is 0 Å². The van der Waals surface area contributed by atoms with Gasteiger partial charge in [0.05, 0.1) is 0 Å². The van der Waals surface area contributed by atoms with Crippen molar-refractivity contribution in [3.05, 3.63) is 71.3 Å². The van der Waals surface area contributed by atoms with E-state index in [4.69, 9.17) is 5.73 Å². The van der Waals surface area contributed by atoms with E-state index >= 15 is 0 Å². The number of nitrogens with two attached hydrogens (primary N) is 1. The van der Waals surface area contributed by atoms with E-state index in [1.807, 2.05) is 41.3 Å². The Morgan fingerprint density at radius 2 is 1.61 bits per heavy atom. The molecule has 2 aromatic rings. The highest BCUT2D eigenvalue weighted by atomic mass is 35.5. The minimum absolute atomic E-state index is 0. The van der Waals surface area contributed by atoms with E-state index in [1.165, 1.54) is 5.56 Å². The Morgan fingerprint density at radius 1 is 1.00 bits per heavy atom. The monoisotopic (exact) mass is 330 g/mol. The molecule has 2 N–H and O–H groups in total. The zero-order valence-corrected chi connectivity index (χ0v) is 14.0. The molecule has 1 amide bonds. The Balaban J connectivity index is 0.00000192. The van der Waals surface area contributed by atoms with E-state index in [-0.39, 0.29) is 24.4 Å². The first-order chi connectivity index (χ1) is 10.7. The van der Waals surface area contributed by atoms with E-state index in [0.29, 0.717) is 0 Å². The number of likely N-dealkylation sites (tertiary alicyclic amines) is 1. The fraction of sp³-hybridized carbons (Fsp3) is 0.316. The summed E-state index contributed by atoms with van der Waals surface area (Å²) in [6.45, 7) is 1.53. The number of carbonyl (C=O) groups excluding carboxylic acids is 1. The zero-order valence-electron chi connectivity index (χ0n) is 13.2. The van der Waals surface area contributed by atoms with Gasteiger partial charge >= 0.3 is 0 Å². The topological polar surface area (TPSA) is 46.3 Å². The number of benzene rings is 2. The average molecular weight is 331 g/mol. The van der Waals surface area contributed by atoms with Gasteiger partial charge in [0.15, 0.2) is 0 Å². The van der Waals surface area contributed by atoms with Gasteiger partial charge in [-0.1, -0.05) is 48.5 Å². The molecule has 4 heteroatoms. The molecule has 0 atom stereocenters. The number of rotatable bonds is 3. The summed E-state index contributed by atoms with van der Waals surface area (Å²) in [7, 11) is 0. The summed E-state index contributed by atoms with van der Waals surface area (Å²) in [4.78, 5) is 14.7. The Bertz CT molecular complexity index is 637. The first kappa shape index (κ1) is 17.5. The molecule has 3 nitrogen and oxygen atoms in total. The summed E-state index contributed by atoms with van der Waals surface area (Å²) >= 11 is 0. The Labute approximate surface area is 143 Å². The second kappa shape index (κ2) is 8.14. The molecular formula is C19H23ClN2O. The van der Waals surface area contributed by atoms with Crippen molar-refractivity contribution >= 4 is 18.3 Å². The highest BCUT2D eigenvalue weighted by Gasteiger charge is 2.23. The number of hydrogen-bond donors (Lipinski definition) is 1.